The first-order valence-corrected chi connectivity index (χ1v) is 5.33. The fourth-order valence-electron chi connectivity index (χ4n) is 1.30. The van der Waals surface area contributed by atoms with Crippen LogP contribution in [0.25, 0.3) is 0 Å². The molecule has 1 rings (SSSR count). The van der Waals surface area contributed by atoms with Crippen molar-refractivity contribution in [3.05, 3.63) is 0 Å². The summed E-state index contributed by atoms with van der Waals surface area (Å²) < 4.78 is 4.98. The maximum Gasteiger partial charge on any atom is 0.314 e. The first kappa shape index (κ1) is 11.8. The van der Waals surface area contributed by atoms with E-state index in [1.807, 2.05) is 13.8 Å². The molecule has 2 N–H and O–H groups in total. The summed E-state index contributed by atoms with van der Waals surface area (Å²) in [6.07, 6.45) is 0.933. The monoisotopic (exact) mass is 214 g/mol. The van der Waals surface area contributed by atoms with Crippen molar-refractivity contribution in [2.45, 2.75) is 20.3 Å². The topological polar surface area (TPSA) is 67.4 Å². The van der Waals surface area contributed by atoms with Crippen LogP contribution in [0, 0.1) is 11.8 Å². The number of esters is 1. The molecule has 0 aliphatic heterocycles. The maximum absolute atomic E-state index is 11.2. The predicted octanol–water partition coefficient (Wildman–Crippen LogP) is 0.505. The van der Waals surface area contributed by atoms with Gasteiger partial charge in [0.05, 0.1) is 12.5 Å². The second-order valence-electron chi connectivity index (χ2n) is 3.77. The van der Waals surface area contributed by atoms with Crippen LogP contribution in [0.3, 0.4) is 0 Å². The zero-order valence-electron chi connectivity index (χ0n) is 9.21. The summed E-state index contributed by atoms with van der Waals surface area (Å²) in [6.45, 7) is 5.07. The number of hydrogen-bond donors (Lipinski definition) is 2. The van der Waals surface area contributed by atoms with Gasteiger partial charge in [0.25, 0.3) is 0 Å². The minimum atomic E-state index is -0.228. The summed E-state index contributed by atoms with van der Waals surface area (Å²) in [4.78, 5) is 22.2. The molecular formula is C10H18N2O3. The van der Waals surface area contributed by atoms with E-state index in [-0.39, 0.29) is 24.5 Å². The molecule has 86 valence electrons. The molecule has 15 heavy (non-hydrogen) atoms. The van der Waals surface area contributed by atoms with E-state index in [4.69, 9.17) is 4.74 Å². The zero-order valence-corrected chi connectivity index (χ0v) is 9.21. The van der Waals surface area contributed by atoms with Crippen molar-refractivity contribution in [1.29, 1.82) is 0 Å². The zero-order chi connectivity index (χ0) is 11.3. The number of rotatable bonds is 5. The van der Waals surface area contributed by atoms with E-state index in [1.54, 1.807) is 0 Å². The Morgan fingerprint density at radius 2 is 2.07 bits per heavy atom. The van der Waals surface area contributed by atoms with Crippen molar-refractivity contribution in [1.82, 2.24) is 10.6 Å². The second kappa shape index (κ2) is 5.58. The third-order valence-electron chi connectivity index (χ3n) is 2.38. The summed E-state index contributed by atoms with van der Waals surface area (Å²) in [5, 5.41) is 5.17. The van der Waals surface area contributed by atoms with E-state index in [9.17, 15) is 9.59 Å². The van der Waals surface area contributed by atoms with Crippen LogP contribution in [0.4, 0.5) is 4.79 Å². The van der Waals surface area contributed by atoms with E-state index < -0.39 is 0 Å². The second-order valence-corrected chi connectivity index (χ2v) is 3.77. The molecular weight excluding hydrogens is 196 g/mol. The van der Waals surface area contributed by atoms with Crippen molar-refractivity contribution < 1.29 is 14.3 Å². The minimum Gasteiger partial charge on any atom is -0.464 e. The molecule has 5 nitrogen and oxygen atoms in total. The minimum absolute atomic E-state index is 0.0921. The maximum atomic E-state index is 11.2. The largest absolute Gasteiger partial charge is 0.464 e. The number of amides is 2. The van der Waals surface area contributed by atoms with Crippen LogP contribution in [0.1, 0.15) is 20.3 Å². The first-order chi connectivity index (χ1) is 7.15. The molecule has 2 atom stereocenters. The average Bonchev–Trinajstić information content (AvgIpc) is 2.90. The van der Waals surface area contributed by atoms with Gasteiger partial charge in [0.1, 0.15) is 6.61 Å². The van der Waals surface area contributed by atoms with E-state index in [0.717, 1.165) is 6.42 Å². The quantitative estimate of drug-likeness (QED) is 0.517. The van der Waals surface area contributed by atoms with Crippen LogP contribution in [0.15, 0.2) is 0 Å². The number of ether oxygens (including phenoxy) is 1. The number of carbonyl (C=O) groups is 2. The van der Waals surface area contributed by atoms with Gasteiger partial charge in [-0.25, -0.2) is 4.79 Å². The molecule has 0 unspecified atom stereocenters. The lowest BCUT2D eigenvalue weighted by Crippen LogP contribution is -2.37. The van der Waals surface area contributed by atoms with E-state index in [0.29, 0.717) is 19.0 Å². The molecule has 2 amide bonds. The SMILES string of the molecule is CCNC(=O)NCCOC(=O)[C@H]1C[C@@H]1C. The van der Waals surface area contributed by atoms with Crippen molar-refractivity contribution >= 4 is 12.0 Å². The summed E-state index contributed by atoms with van der Waals surface area (Å²) in [5.74, 6) is 0.420. The molecule has 0 saturated heterocycles. The molecule has 0 bridgehead atoms. The Morgan fingerprint density at radius 3 is 2.60 bits per heavy atom. The Labute approximate surface area is 89.6 Å². The highest BCUT2D eigenvalue weighted by atomic mass is 16.5. The van der Waals surface area contributed by atoms with Gasteiger partial charge in [-0.3, -0.25) is 4.79 Å². The number of hydrogen-bond acceptors (Lipinski definition) is 3. The van der Waals surface area contributed by atoms with Gasteiger partial charge in [0.2, 0.25) is 0 Å². The van der Waals surface area contributed by atoms with Crippen molar-refractivity contribution in [2.24, 2.45) is 11.8 Å². The van der Waals surface area contributed by atoms with Crippen molar-refractivity contribution in [3.63, 3.8) is 0 Å². The molecule has 5 heteroatoms. The van der Waals surface area contributed by atoms with Gasteiger partial charge in [-0.1, -0.05) is 6.92 Å². The van der Waals surface area contributed by atoms with Crippen LogP contribution < -0.4 is 10.6 Å². The van der Waals surface area contributed by atoms with Gasteiger partial charge in [-0.2, -0.15) is 0 Å². The molecule has 0 aromatic carbocycles. The third kappa shape index (κ3) is 4.18. The Kier molecular flexibility index (Phi) is 4.39. The summed E-state index contributed by atoms with van der Waals surface area (Å²) in [5.41, 5.74) is 0. The molecule has 1 aliphatic rings. The molecule has 1 fully saturated rings. The smallest absolute Gasteiger partial charge is 0.314 e. The molecule has 0 aromatic heterocycles. The molecule has 0 spiro atoms. The first-order valence-electron chi connectivity index (χ1n) is 5.33. The molecule has 1 aliphatic carbocycles. The van der Waals surface area contributed by atoms with E-state index in [2.05, 4.69) is 10.6 Å². The Hall–Kier alpha value is -1.26. The molecule has 1 saturated carbocycles. The van der Waals surface area contributed by atoms with Crippen molar-refractivity contribution in [2.75, 3.05) is 19.7 Å². The fourth-order valence-corrected chi connectivity index (χ4v) is 1.30. The fraction of sp³-hybridized carbons (Fsp3) is 0.800. The van der Waals surface area contributed by atoms with Gasteiger partial charge in [-0.05, 0) is 19.3 Å². The highest BCUT2D eigenvalue weighted by Crippen LogP contribution is 2.38. The Balaban J connectivity index is 1.97. The predicted molar refractivity (Wildman–Crippen MR) is 55.3 cm³/mol. The Morgan fingerprint density at radius 1 is 1.40 bits per heavy atom. The van der Waals surface area contributed by atoms with Crippen LogP contribution in [0.5, 0.6) is 0 Å². The third-order valence-corrected chi connectivity index (χ3v) is 2.38. The highest BCUT2D eigenvalue weighted by Gasteiger charge is 2.40. The molecule has 0 radical (unpaired) electrons. The lowest BCUT2D eigenvalue weighted by molar-refractivity contribution is -0.145. The van der Waals surface area contributed by atoms with E-state index in [1.165, 1.54) is 0 Å². The lowest BCUT2D eigenvalue weighted by Gasteiger charge is -2.06. The van der Waals surface area contributed by atoms with Gasteiger partial charge in [0, 0.05) is 6.54 Å². The summed E-state index contributed by atoms with van der Waals surface area (Å²) in [7, 11) is 0. The van der Waals surface area contributed by atoms with Gasteiger partial charge in [-0.15, -0.1) is 0 Å². The van der Waals surface area contributed by atoms with Crippen LogP contribution in [-0.2, 0) is 9.53 Å². The molecule has 0 heterocycles. The Bertz CT molecular complexity index is 243. The van der Waals surface area contributed by atoms with Crippen molar-refractivity contribution in [3.8, 4) is 0 Å². The molecule has 0 aromatic rings. The van der Waals surface area contributed by atoms with Gasteiger partial charge in [0.15, 0.2) is 0 Å². The van der Waals surface area contributed by atoms with E-state index >= 15 is 0 Å². The number of carbonyl (C=O) groups excluding carboxylic acids is 2. The highest BCUT2D eigenvalue weighted by molar-refractivity contribution is 5.76. The summed E-state index contributed by atoms with van der Waals surface area (Å²) in [6, 6.07) is -0.228. The van der Waals surface area contributed by atoms with Crippen LogP contribution in [0.2, 0.25) is 0 Å². The van der Waals surface area contributed by atoms with Crippen LogP contribution in [-0.4, -0.2) is 31.7 Å². The lowest BCUT2D eigenvalue weighted by atomic mass is 10.3. The normalized spacial score (nSPS) is 23.1. The number of urea groups is 1. The average molecular weight is 214 g/mol. The summed E-state index contributed by atoms with van der Waals surface area (Å²) >= 11 is 0. The van der Waals surface area contributed by atoms with Gasteiger partial charge < -0.3 is 15.4 Å². The standard InChI is InChI=1S/C10H18N2O3/c1-3-11-10(14)12-4-5-15-9(13)8-6-7(8)2/h7-8H,3-6H2,1-2H3,(H2,11,12,14)/t7-,8-/m0/s1. The number of nitrogens with one attached hydrogen (secondary N) is 2. The van der Waals surface area contributed by atoms with Crippen LogP contribution >= 0.6 is 0 Å². The van der Waals surface area contributed by atoms with Gasteiger partial charge >= 0.3 is 12.0 Å².